The normalized spacial score (nSPS) is 25.8. The molecule has 2 bridgehead atoms. The number of hydrogen-bond acceptors (Lipinski definition) is 2. The lowest BCUT2D eigenvalue weighted by atomic mass is 9.92. The number of nitrogens with zero attached hydrogens (tertiary/aromatic N) is 2. The Bertz CT molecular complexity index is 780. The van der Waals surface area contributed by atoms with Crippen LogP contribution in [-0.2, 0) is 11.8 Å². The Morgan fingerprint density at radius 2 is 2.08 bits per heavy atom. The van der Waals surface area contributed by atoms with E-state index >= 15 is 0 Å². The molecule has 2 aromatic rings. The van der Waals surface area contributed by atoms with E-state index in [1.165, 1.54) is 12.1 Å². The molecule has 1 aromatic heterocycles. The first-order valence-electron chi connectivity index (χ1n) is 8.33. The first-order valence-corrected chi connectivity index (χ1v) is 8.33. The monoisotopic (exact) mass is 325 g/mol. The fourth-order valence-corrected chi connectivity index (χ4v) is 3.94. The maximum atomic E-state index is 13.3. The van der Waals surface area contributed by atoms with E-state index in [4.69, 9.17) is 0 Å². The van der Waals surface area contributed by atoms with Crippen LogP contribution in [0.2, 0.25) is 0 Å². The molecule has 4 atom stereocenters. The fraction of sp³-hybridized carbons (Fsp3) is 0.368. The number of amides is 1. The van der Waals surface area contributed by atoms with E-state index in [0.717, 1.165) is 24.2 Å². The Morgan fingerprint density at radius 1 is 1.29 bits per heavy atom. The molecule has 24 heavy (non-hydrogen) atoms. The highest BCUT2D eigenvalue weighted by Crippen LogP contribution is 2.43. The maximum absolute atomic E-state index is 13.3. The number of halogens is 1. The zero-order valence-corrected chi connectivity index (χ0v) is 13.5. The van der Waals surface area contributed by atoms with Gasteiger partial charge in [0.05, 0.1) is 0 Å². The lowest BCUT2D eigenvalue weighted by Gasteiger charge is -2.23. The molecule has 0 aliphatic heterocycles. The van der Waals surface area contributed by atoms with Crippen LogP contribution in [-0.4, -0.2) is 15.5 Å². The Balaban J connectivity index is 1.61. The molecular weight excluding hydrogens is 305 g/mol. The molecule has 0 saturated heterocycles. The third-order valence-corrected chi connectivity index (χ3v) is 5.22. The van der Waals surface area contributed by atoms with Gasteiger partial charge in [-0.1, -0.05) is 24.3 Å². The zero-order valence-electron chi connectivity index (χ0n) is 13.5. The molecule has 124 valence electrons. The predicted molar refractivity (Wildman–Crippen MR) is 88.4 cm³/mol. The Morgan fingerprint density at radius 3 is 2.67 bits per heavy atom. The highest BCUT2D eigenvalue weighted by Gasteiger charge is 2.40. The van der Waals surface area contributed by atoms with Crippen molar-refractivity contribution in [2.75, 3.05) is 0 Å². The van der Waals surface area contributed by atoms with E-state index in [0.29, 0.717) is 11.8 Å². The van der Waals surface area contributed by atoms with Gasteiger partial charge >= 0.3 is 0 Å². The molecule has 2 aliphatic carbocycles. The quantitative estimate of drug-likeness (QED) is 0.879. The van der Waals surface area contributed by atoms with Gasteiger partial charge in [0.1, 0.15) is 17.7 Å². The van der Waals surface area contributed by atoms with Gasteiger partial charge in [-0.2, -0.15) is 0 Å². The third-order valence-electron chi connectivity index (χ3n) is 5.22. The summed E-state index contributed by atoms with van der Waals surface area (Å²) >= 11 is 0. The number of aromatic nitrogens is 2. The average molecular weight is 325 g/mol. The van der Waals surface area contributed by atoms with Crippen LogP contribution in [0.15, 0.2) is 48.8 Å². The smallest absolute Gasteiger partial charge is 0.224 e. The summed E-state index contributed by atoms with van der Waals surface area (Å²) in [6, 6.07) is 5.86. The molecule has 5 heteroatoms. The SMILES string of the molecule is Cn1ccnc1[C@@H](NC(=O)[C@@H]1C[C@@H]2C=C[C@H]1C2)c1ccc(F)cc1. The summed E-state index contributed by atoms with van der Waals surface area (Å²) in [6.45, 7) is 0. The van der Waals surface area contributed by atoms with E-state index < -0.39 is 0 Å². The Labute approximate surface area is 140 Å². The minimum atomic E-state index is -0.374. The number of carbonyl (C=O) groups excluding carboxylic acids is 1. The van der Waals surface area contributed by atoms with Crippen LogP contribution >= 0.6 is 0 Å². The second kappa shape index (κ2) is 5.89. The molecule has 1 amide bonds. The highest BCUT2D eigenvalue weighted by molar-refractivity contribution is 5.80. The first kappa shape index (κ1) is 15.1. The molecule has 0 spiro atoms. The van der Waals surface area contributed by atoms with Gasteiger partial charge in [-0.05, 0) is 42.4 Å². The van der Waals surface area contributed by atoms with E-state index in [1.54, 1.807) is 18.3 Å². The van der Waals surface area contributed by atoms with Crippen molar-refractivity contribution < 1.29 is 9.18 Å². The summed E-state index contributed by atoms with van der Waals surface area (Å²) in [6.07, 6.45) is 9.96. The number of aryl methyl sites for hydroxylation is 1. The largest absolute Gasteiger partial charge is 0.342 e. The number of imidazole rings is 1. The van der Waals surface area contributed by atoms with E-state index in [1.807, 2.05) is 17.8 Å². The third kappa shape index (κ3) is 2.64. The van der Waals surface area contributed by atoms with Gasteiger partial charge in [0.25, 0.3) is 0 Å². The van der Waals surface area contributed by atoms with Gasteiger partial charge < -0.3 is 9.88 Å². The Kier molecular flexibility index (Phi) is 3.71. The van der Waals surface area contributed by atoms with Gasteiger partial charge in [0.15, 0.2) is 0 Å². The molecule has 1 saturated carbocycles. The van der Waals surface area contributed by atoms with Gasteiger partial charge in [-0.15, -0.1) is 0 Å². The summed E-state index contributed by atoms with van der Waals surface area (Å²) in [5.41, 5.74) is 0.831. The van der Waals surface area contributed by atoms with Crippen LogP contribution in [0.4, 0.5) is 4.39 Å². The van der Waals surface area contributed by atoms with Gasteiger partial charge in [-0.3, -0.25) is 4.79 Å². The molecule has 1 heterocycles. The average Bonchev–Trinajstić information content (AvgIpc) is 3.30. The van der Waals surface area contributed by atoms with Crippen LogP contribution in [0.25, 0.3) is 0 Å². The maximum Gasteiger partial charge on any atom is 0.224 e. The summed E-state index contributed by atoms with van der Waals surface area (Å²) in [5.74, 6) is 1.44. The first-order chi connectivity index (χ1) is 11.6. The minimum Gasteiger partial charge on any atom is -0.342 e. The van der Waals surface area contributed by atoms with Crippen LogP contribution in [0.5, 0.6) is 0 Å². The fourth-order valence-electron chi connectivity index (χ4n) is 3.94. The molecule has 4 nitrogen and oxygen atoms in total. The van der Waals surface area contributed by atoms with Gasteiger partial charge in [0.2, 0.25) is 5.91 Å². The summed E-state index contributed by atoms with van der Waals surface area (Å²) in [5, 5.41) is 3.14. The number of nitrogens with one attached hydrogen (secondary N) is 1. The highest BCUT2D eigenvalue weighted by atomic mass is 19.1. The second-order valence-electron chi connectivity index (χ2n) is 6.78. The zero-order chi connectivity index (χ0) is 16.7. The number of carbonyl (C=O) groups is 1. The predicted octanol–water partition coefficient (Wildman–Crippen LogP) is 2.98. The minimum absolute atomic E-state index is 0.0308. The molecule has 1 fully saturated rings. The van der Waals surface area contributed by atoms with Crippen LogP contribution in [0.1, 0.15) is 30.3 Å². The molecule has 1 aromatic carbocycles. The van der Waals surface area contributed by atoms with E-state index in [-0.39, 0.29) is 23.7 Å². The van der Waals surface area contributed by atoms with E-state index in [9.17, 15) is 9.18 Å². The number of fused-ring (bicyclic) bond motifs is 2. The molecule has 4 rings (SSSR count). The lowest BCUT2D eigenvalue weighted by Crippen LogP contribution is -2.37. The second-order valence-corrected chi connectivity index (χ2v) is 6.78. The van der Waals surface area contributed by atoms with Crippen LogP contribution in [0, 0.1) is 23.6 Å². The molecular formula is C19H20FN3O. The van der Waals surface area contributed by atoms with Crippen LogP contribution in [0.3, 0.4) is 0 Å². The number of rotatable bonds is 4. The summed E-state index contributed by atoms with van der Waals surface area (Å²) in [7, 11) is 1.89. The van der Waals surface area contributed by atoms with Crippen molar-refractivity contribution in [1.82, 2.24) is 14.9 Å². The van der Waals surface area contributed by atoms with Crippen molar-refractivity contribution in [3.63, 3.8) is 0 Å². The van der Waals surface area contributed by atoms with Crippen molar-refractivity contribution >= 4 is 5.91 Å². The standard InChI is InChI=1S/C19H20FN3O/c1-23-9-8-21-18(23)17(13-4-6-15(20)7-5-13)22-19(24)16-11-12-2-3-14(16)10-12/h2-9,12,14,16-17H,10-11H2,1H3,(H,22,24)/t12-,14+,16-,17+/m1/s1. The number of benzene rings is 1. The molecule has 2 aliphatic rings. The summed E-state index contributed by atoms with van der Waals surface area (Å²) in [4.78, 5) is 17.2. The van der Waals surface area contributed by atoms with Crippen molar-refractivity contribution in [2.24, 2.45) is 24.8 Å². The van der Waals surface area contributed by atoms with Crippen molar-refractivity contribution in [2.45, 2.75) is 18.9 Å². The molecule has 0 unspecified atom stereocenters. The number of allylic oxidation sites excluding steroid dienone is 2. The van der Waals surface area contributed by atoms with Crippen molar-refractivity contribution in [1.29, 1.82) is 0 Å². The van der Waals surface area contributed by atoms with E-state index in [2.05, 4.69) is 22.5 Å². The molecule has 1 N–H and O–H groups in total. The summed E-state index contributed by atoms with van der Waals surface area (Å²) < 4.78 is 15.2. The van der Waals surface area contributed by atoms with Gasteiger partial charge in [-0.25, -0.2) is 9.37 Å². The number of hydrogen-bond donors (Lipinski definition) is 1. The topological polar surface area (TPSA) is 46.9 Å². The lowest BCUT2D eigenvalue weighted by molar-refractivity contribution is -0.126. The molecule has 0 radical (unpaired) electrons. The van der Waals surface area contributed by atoms with Crippen molar-refractivity contribution in [3.8, 4) is 0 Å². The van der Waals surface area contributed by atoms with Gasteiger partial charge in [0, 0.05) is 25.4 Å². The Hall–Kier alpha value is -2.43. The van der Waals surface area contributed by atoms with Crippen molar-refractivity contribution in [3.05, 3.63) is 66.0 Å². The van der Waals surface area contributed by atoms with Crippen LogP contribution < -0.4 is 5.32 Å².